The number of benzene rings is 12. The average Bonchev–Trinajstić information content (AvgIpc) is 3.84. The van der Waals surface area contributed by atoms with Gasteiger partial charge in [-0.15, -0.1) is 0 Å². The van der Waals surface area contributed by atoms with E-state index in [2.05, 4.69) is 310 Å². The standard InChI is InChI=1S/C77H50N6/c1-4-20-50(21-5-1)66-49-67(79-77(78-66)83-71-35-16-12-30-62(71)64-47-52(39-42-74(64)83)51-38-41-69-56(44-51)45-55-22-10-14-33-68(55)80(69)57-24-6-2-7-25-57)54-23-18-28-59(46-54)82-72-36-17-13-31-63(72)76-60(32-19-37-75(76)82)53-40-43-73-65(48-53)61-29-11-15-34-70(61)81(73)58-26-8-3-9-27-58/h1-44,46-49H,45H2. The van der Waals surface area contributed by atoms with Crippen LogP contribution in [-0.2, 0) is 6.42 Å². The van der Waals surface area contributed by atoms with Crippen molar-refractivity contribution in [3.8, 4) is 62.1 Å². The van der Waals surface area contributed by atoms with Crippen LogP contribution in [0.5, 0.6) is 0 Å². The number of aromatic nitrogens is 5. The molecule has 0 saturated heterocycles. The van der Waals surface area contributed by atoms with Gasteiger partial charge in [0, 0.05) is 78.3 Å². The van der Waals surface area contributed by atoms with E-state index in [0.717, 1.165) is 84.4 Å². The van der Waals surface area contributed by atoms with Crippen LogP contribution in [0.2, 0.25) is 0 Å². The van der Waals surface area contributed by atoms with Gasteiger partial charge in [-0.1, -0.05) is 182 Å². The van der Waals surface area contributed by atoms with Crippen LogP contribution >= 0.6 is 0 Å². The lowest BCUT2D eigenvalue weighted by Crippen LogP contribution is -2.18. The van der Waals surface area contributed by atoms with E-state index >= 15 is 0 Å². The van der Waals surface area contributed by atoms with E-state index in [1.165, 1.54) is 71.8 Å². The molecule has 5 heterocycles. The summed E-state index contributed by atoms with van der Waals surface area (Å²) in [5, 5.41) is 7.18. The number of hydrogen-bond acceptors (Lipinski definition) is 3. The van der Waals surface area contributed by atoms with E-state index in [1.54, 1.807) is 0 Å². The molecule has 16 aromatic rings. The number of nitrogens with zero attached hydrogens (tertiary/aromatic N) is 6. The summed E-state index contributed by atoms with van der Waals surface area (Å²) in [6.45, 7) is 0. The highest BCUT2D eigenvalue weighted by Crippen LogP contribution is 2.46. The maximum Gasteiger partial charge on any atom is 0.235 e. The summed E-state index contributed by atoms with van der Waals surface area (Å²) in [5.41, 5.74) is 23.6. The van der Waals surface area contributed by atoms with Gasteiger partial charge in [-0.2, -0.15) is 0 Å². The molecule has 0 unspecified atom stereocenters. The minimum absolute atomic E-state index is 0.615. The number of fused-ring (bicyclic) bond motifs is 11. The summed E-state index contributed by atoms with van der Waals surface area (Å²) in [7, 11) is 0. The Morgan fingerprint density at radius 2 is 0.759 bits per heavy atom. The van der Waals surface area contributed by atoms with E-state index in [-0.39, 0.29) is 0 Å². The third kappa shape index (κ3) is 7.50. The topological polar surface area (TPSA) is 43.8 Å². The van der Waals surface area contributed by atoms with Crippen molar-refractivity contribution in [1.82, 2.24) is 23.7 Å². The van der Waals surface area contributed by atoms with E-state index in [9.17, 15) is 0 Å². The molecule has 83 heavy (non-hydrogen) atoms. The molecule has 0 spiro atoms. The number of hydrogen-bond donors (Lipinski definition) is 0. The van der Waals surface area contributed by atoms with Crippen molar-refractivity contribution in [2.45, 2.75) is 6.42 Å². The zero-order valence-corrected chi connectivity index (χ0v) is 45.1. The van der Waals surface area contributed by atoms with E-state index in [1.807, 2.05) is 0 Å². The monoisotopic (exact) mass is 1060 g/mol. The minimum Gasteiger partial charge on any atom is -0.310 e. The number of para-hydroxylation sites is 6. The predicted molar refractivity (Wildman–Crippen MR) is 344 cm³/mol. The second-order valence-corrected chi connectivity index (χ2v) is 21.7. The molecule has 12 aromatic carbocycles. The van der Waals surface area contributed by atoms with Crippen LogP contribution < -0.4 is 4.90 Å². The van der Waals surface area contributed by atoms with Crippen LogP contribution in [0.1, 0.15) is 11.1 Å². The summed E-state index contributed by atoms with van der Waals surface area (Å²) in [6.07, 6.45) is 0.866. The fourth-order valence-corrected chi connectivity index (χ4v) is 13.3. The molecule has 0 amide bonds. The van der Waals surface area contributed by atoms with Gasteiger partial charge >= 0.3 is 0 Å². The first-order valence-electron chi connectivity index (χ1n) is 28.4. The Morgan fingerprint density at radius 3 is 1.52 bits per heavy atom. The summed E-state index contributed by atoms with van der Waals surface area (Å²) in [5.74, 6) is 0.615. The Bertz CT molecular complexity index is 5240. The molecule has 4 aromatic heterocycles. The van der Waals surface area contributed by atoms with Gasteiger partial charge in [0.25, 0.3) is 0 Å². The van der Waals surface area contributed by atoms with Crippen LogP contribution in [0, 0.1) is 0 Å². The highest BCUT2D eigenvalue weighted by Gasteiger charge is 2.26. The van der Waals surface area contributed by atoms with Crippen molar-refractivity contribution in [2.75, 3.05) is 4.90 Å². The van der Waals surface area contributed by atoms with Gasteiger partial charge in [-0.25, -0.2) is 9.97 Å². The normalized spacial score (nSPS) is 12.3. The van der Waals surface area contributed by atoms with Crippen molar-refractivity contribution in [2.24, 2.45) is 0 Å². The first-order chi connectivity index (χ1) is 41.2. The highest BCUT2D eigenvalue weighted by atomic mass is 15.2. The maximum atomic E-state index is 5.56. The smallest absolute Gasteiger partial charge is 0.235 e. The number of rotatable bonds is 8. The van der Waals surface area contributed by atoms with Crippen molar-refractivity contribution in [3.63, 3.8) is 0 Å². The molecule has 6 nitrogen and oxygen atoms in total. The van der Waals surface area contributed by atoms with E-state index < -0.39 is 0 Å². The van der Waals surface area contributed by atoms with Gasteiger partial charge in [0.05, 0.1) is 44.5 Å². The van der Waals surface area contributed by atoms with Crippen molar-refractivity contribution >= 4 is 82.5 Å². The lowest BCUT2D eigenvalue weighted by molar-refractivity contribution is 0.995. The predicted octanol–water partition coefficient (Wildman–Crippen LogP) is 19.8. The largest absolute Gasteiger partial charge is 0.310 e. The Kier molecular flexibility index (Phi) is 10.6. The molecular weight excluding hydrogens is 1010 g/mol. The highest BCUT2D eigenvalue weighted by molar-refractivity contribution is 6.18. The first kappa shape index (κ1) is 46.8. The van der Waals surface area contributed by atoms with Crippen molar-refractivity contribution in [1.29, 1.82) is 0 Å². The maximum absolute atomic E-state index is 5.56. The zero-order chi connectivity index (χ0) is 54.5. The fourth-order valence-electron chi connectivity index (χ4n) is 13.3. The fraction of sp³-hybridized carbons (Fsp3) is 0.0130. The van der Waals surface area contributed by atoms with Crippen LogP contribution in [0.3, 0.4) is 0 Å². The minimum atomic E-state index is 0.615. The zero-order valence-electron chi connectivity index (χ0n) is 45.1. The summed E-state index contributed by atoms with van der Waals surface area (Å²) < 4.78 is 7.05. The van der Waals surface area contributed by atoms with Gasteiger partial charge in [0.15, 0.2) is 0 Å². The van der Waals surface area contributed by atoms with Crippen LogP contribution in [0.15, 0.2) is 291 Å². The summed E-state index contributed by atoms with van der Waals surface area (Å²) in [6, 6.07) is 105. The second kappa shape index (κ2) is 18.8. The summed E-state index contributed by atoms with van der Waals surface area (Å²) in [4.78, 5) is 13.4. The third-order valence-corrected chi connectivity index (χ3v) is 17.0. The first-order valence-corrected chi connectivity index (χ1v) is 28.4. The van der Waals surface area contributed by atoms with Crippen LogP contribution in [0.25, 0.3) is 128 Å². The van der Waals surface area contributed by atoms with E-state index in [0.29, 0.717) is 5.95 Å². The molecule has 0 saturated carbocycles. The SMILES string of the molecule is c1ccc(-c2cc(-c3cccc(-n4c5ccccc5c5c(-c6ccc7c(c6)c6ccccc6n7-c6ccccc6)cccc54)c3)nc(-n3c4ccccc4c4cc(-c5ccc6c(c5)Cc5ccccc5N6c5ccccc5)ccc43)n2)cc1. The van der Waals surface area contributed by atoms with Gasteiger partial charge in [0.2, 0.25) is 5.95 Å². The van der Waals surface area contributed by atoms with Gasteiger partial charge in [-0.05, 0) is 143 Å². The molecule has 1 aliphatic rings. The Hall–Kier alpha value is -11.1. The van der Waals surface area contributed by atoms with Crippen LogP contribution in [0.4, 0.5) is 17.1 Å². The molecule has 0 aliphatic carbocycles. The van der Waals surface area contributed by atoms with E-state index in [4.69, 9.17) is 9.97 Å². The van der Waals surface area contributed by atoms with Gasteiger partial charge in [0.1, 0.15) is 0 Å². The Balaban J connectivity index is 0.791. The molecular formula is C77H50N6. The van der Waals surface area contributed by atoms with Gasteiger partial charge in [-0.3, -0.25) is 4.57 Å². The Labute approximate surface area is 479 Å². The number of anilines is 3. The molecule has 0 fully saturated rings. The third-order valence-electron chi connectivity index (χ3n) is 17.0. The molecule has 0 N–H and O–H groups in total. The Morgan fingerprint density at radius 1 is 0.265 bits per heavy atom. The molecule has 0 radical (unpaired) electrons. The molecule has 0 bridgehead atoms. The molecule has 17 rings (SSSR count). The molecule has 388 valence electrons. The average molecular weight is 1060 g/mol. The lowest BCUT2D eigenvalue weighted by Gasteiger charge is -2.33. The van der Waals surface area contributed by atoms with Crippen LogP contribution in [-0.4, -0.2) is 23.7 Å². The second-order valence-electron chi connectivity index (χ2n) is 21.7. The molecule has 1 aliphatic heterocycles. The van der Waals surface area contributed by atoms with Gasteiger partial charge < -0.3 is 14.0 Å². The molecule has 6 heteroatoms. The summed E-state index contributed by atoms with van der Waals surface area (Å²) >= 11 is 0. The van der Waals surface area contributed by atoms with Crippen molar-refractivity contribution < 1.29 is 0 Å². The molecule has 0 atom stereocenters. The quantitative estimate of drug-likeness (QED) is 0.152. The lowest BCUT2D eigenvalue weighted by atomic mass is 9.92. The van der Waals surface area contributed by atoms with Crippen molar-refractivity contribution in [3.05, 3.63) is 302 Å².